The lowest BCUT2D eigenvalue weighted by atomic mass is 10.0. The Labute approximate surface area is 169 Å². The standard InChI is InChI=1S/C22H25N3O2S/c1-16-3-8-19(28-16)12-24-10-9-22(14-24)15-25-20(11-23-21(25)13-27-22)17-4-6-18(26-2)7-5-17/h3-8,11H,9-10,12-15H2,1-2H3/t22-/m0/s1. The number of thiophene rings is 1. The smallest absolute Gasteiger partial charge is 0.135 e. The van der Waals surface area contributed by atoms with Crippen molar-refractivity contribution in [3.8, 4) is 17.0 Å². The van der Waals surface area contributed by atoms with E-state index in [2.05, 4.69) is 45.6 Å². The van der Waals surface area contributed by atoms with E-state index in [9.17, 15) is 0 Å². The summed E-state index contributed by atoms with van der Waals surface area (Å²) < 4.78 is 14.0. The van der Waals surface area contributed by atoms with Crippen LogP contribution in [0.4, 0.5) is 0 Å². The van der Waals surface area contributed by atoms with Gasteiger partial charge in [-0.15, -0.1) is 11.3 Å². The molecule has 146 valence electrons. The molecule has 2 aliphatic rings. The van der Waals surface area contributed by atoms with Crippen molar-refractivity contribution in [2.45, 2.75) is 38.6 Å². The summed E-state index contributed by atoms with van der Waals surface area (Å²) in [4.78, 5) is 9.96. The van der Waals surface area contributed by atoms with Crippen LogP contribution in [0.2, 0.25) is 0 Å². The molecular formula is C22H25N3O2S. The van der Waals surface area contributed by atoms with Crippen LogP contribution in [0.5, 0.6) is 5.75 Å². The molecule has 5 rings (SSSR count). The minimum Gasteiger partial charge on any atom is -0.497 e. The van der Waals surface area contributed by atoms with E-state index >= 15 is 0 Å². The molecule has 2 aromatic heterocycles. The molecule has 3 aromatic rings. The summed E-state index contributed by atoms with van der Waals surface area (Å²) in [5.74, 6) is 1.89. The molecule has 0 amide bonds. The fourth-order valence-electron chi connectivity index (χ4n) is 4.35. The van der Waals surface area contributed by atoms with Gasteiger partial charge in [-0.25, -0.2) is 4.98 Å². The first kappa shape index (κ1) is 17.9. The highest BCUT2D eigenvalue weighted by molar-refractivity contribution is 7.11. The molecule has 1 fully saturated rings. The number of hydrogen-bond donors (Lipinski definition) is 0. The molecule has 1 saturated heterocycles. The monoisotopic (exact) mass is 395 g/mol. The van der Waals surface area contributed by atoms with Crippen molar-refractivity contribution in [3.63, 3.8) is 0 Å². The van der Waals surface area contributed by atoms with E-state index < -0.39 is 0 Å². The van der Waals surface area contributed by atoms with E-state index in [1.807, 2.05) is 29.7 Å². The molecule has 2 aliphatic heterocycles. The molecule has 0 N–H and O–H groups in total. The third-order valence-corrected chi connectivity index (χ3v) is 6.83. The van der Waals surface area contributed by atoms with Crippen LogP contribution >= 0.6 is 11.3 Å². The van der Waals surface area contributed by atoms with E-state index in [0.29, 0.717) is 6.61 Å². The zero-order valence-corrected chi connectivity index (χ0v) is 17.2. The summed E-state index contributed by atoms with van der Waals surface area (Å²) in [6.45, 7) is 6.70. The summed E-state index contributed by atoms with van der Waals surface area (Å²) in [5.41, 5.74) is 2.22. The number of aryl methyl sites for hydroxylation is 1. The van der Waals surface area contributed by atoms with Crippen LogP contribution in [-0.4, -0.2) is 40.3 Å². The van der Waals surface area contributed by atoms with Gasteiger partial charge in [0, 0.05) is 35.0 Å². The molecule has 6 heteroatoms. The fourth-order valence-corrected chi connectivity index (χ4v) is 5.28. The van der Waals surface area contributed by atoms with Crippen LogP contribution in [0.3, 0.4) is 0 Å². The van der Waals surface area contributed by atoms with Gasteiger partial charge in [-0.3, -0.25) is 4.90 Å². The normalized spacial score (nSPS) is 21.9. The molecule has 0 radical (unpaired) electrons. The van der Waals surface area contributed by atoms with Crippen molar-refractivity contribution in [1.82, 2.24) is 14.5 Å². The van der Waals surface area contributed by atoms with Gasteiger partial charge >= 0.3 is 0 Å². The Hall–Kier alpha value is -2.15. The summed E-state index contributed by atoms with van der Waals surface area (Å²) in [6.07, 6.45) is 3.04. The zero-order valence-electron chi connectivity index (χ0n) is 16.4. The van der Waals surface area contributed by atoms with Gasteiger partial charge in [0.15, 0.2) is 0 Å². The van der Waals surface area contributed by atoms with Crippen LogP contribution in [0.1, 0.15) is 22.0 Å². The molecule has 1 atom stereocenters. The number of imidazole rings is 1. The Bertz CT molecular complexity index is 978. The molecule has 5 nitrogen and oxygen atoms in total. The summed E-state index contributed by atoms with van der Waals surface area (Å²) in [5, 5.41) is 0. The van der Waals surface area contributed by atoms with Crippen molar-refractivity contribution in [1.29, 1.82) is 0 Å². The highest BCUT2D eigenvalue weighted by Crippen LogP contribution is 2.36. The van der Waals surface area contributed by atoms with Crippen molar-refractivity contribution < 1.29 is 9.47 Å². The fraction of sp³-hybridized carbons (Fsp3) is 0.409. The minimum atomic E-state index is -0.110. The molecule has 0 aliphatic carbocycles. The second-order valence-electron chi connectivity index (χ2n) is 7.82. The Morgan fingerprint density at radius 1 is 1.18 bits per heavy atom. The van der Waals surface area contributed by atoms with Gasteiger partial charge in [-0.05, 0) is 49.7 Å². The predicted molar refractivity (Wildman–Crippen MR) is 111 cm³/mol. The van der Waals surface area contributed by atoms with Crippen LogP contribution in [-0.2, 0) is 24.4 Å². The maximum Gasteiger partial charge on any atom is 0.135 e. The first-order valence-corrected chi connectivity index (χ1v) is 10.6. The molecule has 28 heavy (non-hydrogen) atoms. The second kappa shape index (κ2) is 7.03. The van der Waals surface area contributed by atoms with Gasteiger partial charge in [-0.1, -0.05) is 0 Å². The van der Waals surface area contributed by atoms with Crippen LogP contribution < -0.4 is 4.74 Å². The van der Waals surface area contributed by atoms with Gasteiger partial charge in [-0.2, -0.15) is 0 Å². The number of ether oxygens (including phenoxy) is 2. The maximum absolute atomic E-state index is 6.37. The van der Waals surface area contributed by atoms with Crippen molar-refractivity contribution >= 4 is 11.3 Å². The molecule has 4 heterocycles. The van der Waals surface area contributed by atoms with E-state index in [-0.39, 0.29) is 5.60 Å². The predicted octanol–water partition coefficient (Wildman–Crippen LogP) is 4.10. The minimum absolute atomic E-state index is 0.110. The first-order valence-electron chi connectivity index (χ1n) is 9.75. The van der Waals surface area contributed by atoms with Crippen LogP contribution in [0.25, 0.3) is 11.3 Å². The Balaban J connectivity index is 1.35. The van der Waals surface area contributed by atoms with Gasteiger partial charge in [0.25, 0.3) is 0 Å². The van der Waals surface area contributed by atoms with E-state index in [1.54, 1.807) is 7.11 Å². The average Bonchev–Trinajstić information content (AvgIpc) is 3.42. The quantitative estimate of drug-likeness (QED) is 0.667. The number of fused-ring (bicyclic) bond motifs is 1. The lowest BCUT2D eigenvalue weighted by molar-refractivity contribution is -0.0821. The van der Waals surface area contributed by atoms with Gasteiger partial charge in [0.2, 0.25) is 0 Å². The average molecular weight is 396 g/mol. The third-order valence-electron chi connectivity index (χ3n) is 5.85. The molecule has 1 aromatic carbocycles. The van der Waals surface area contributed by atoms with Crippen molar-refractivity contribution in [3.05, 3.63) is 58.2 Å². The van der Waals surface area contributed by atoms with Crippen molar-refractivity contribution in [2.24, 2.45) is 0 Å². The third kappa shape index (κ3) is 3.26. The van der Waals surface area contributed by atoms with E-state index in [4.69, 9.17) is 9.47 Å². The highest BCUT2D eigenvalue weighted by Gasteiger charge is 2.43. The van der Waals surface area contributed by atoms with Crippen molar-refractivity contribution in [2.75, 3.05) is 20.2 Å². The number of aromatic nitrogens is 2. The number of nitrogens with zero attached hydrogens (tertiary/aromatic N) is 3. The lowest BCUT2D eigenvalue weighted by Crippen LogP contribution is -2.44. The zero-order chi connectivity index (χ0) is 19.1. The van der Waals surface area contributed by atoms with E-state index in [1.165, 1.54) is 15.3 Å². The van der Waals surface area contributed by atoms with E-state index in [0.717, 1.165) is 49.9 Å². The molecule has 1 spiro atoms. The van der Waals surface area contributed by atoms with Crippen LogP contribution in [0, 0.1) is 6.92 Å². The number of benzene rings is 1. The highest BCUT2D eigenvalue weighted by atomic mass is 32.1. The summed E-state index contributed by atoms with van der Waals surface area (Å²) in [7, 11) is 1.69. The second-order valence-corrected chi connectivity index (χ2v) is 9.19. The largest absolute Gasteiger partial charge is 0.497 e. The summed E-state index contributed by atoms with van der Waals surface area (Å²) in [6, 6.07) is 12.7. The molecular weight excluding hydrogens is 370 g/mol. The Morgan fingerprint density at radius 3 is 2.79 bits per heavy atom. The van der Waals surface area contributed by atoms with Gasteiger partial charge in [0.1, 0.15) is 23.8 Å². The van der Waals surface area contributed by atoms with Gasteiger partial charge in [0.05, 0.1) is 25.5 Å². The molecule has 0 unspecified atom stereocenters. The lowest BCUT2D eigenvalue weighted by Gasteiger charge is -2.35. The summed E-state index contributed by atoms with van der Waals surface area (Å²) >= 11 is 1.89. The topological polar surface area (TPSA) is 39.5 Å². The maximum atomic E-state index is 6.37. The van der Waals surface area contributed by atoms with Gasteiger partial charge < -0.3 is 14.0 Å². The number of methoxy groups -OCH3 is 1. The van der Waals surface area contributed by atoms with Crippen LogP contribution in [0.15, 0.2) is 42.6 Å². The first-order chi connectivity index (χ1) is 13.6. The Morgan fingerprint density at radius 2 is 2.04 bits per heavy atom. The molecule has 0 bridgehead atoms. The molecule has 0 saturated carbocycles. The SMILES string of the molecule is COc1ccc(-c2cnc3n2C[C@@]2(CCN(Cc4ccc(C)s4)C2)OC3)cc1. The number of hydrogen-bond acceptors (Lipinski definition) is 5. The Kier molecular flexibility index (Phi) is 4.50. The number of rotatable bonds is 4. The number of likely N-dealkylation sites (tertiary alicyclic amines) is 1.